The Morgan fingerprint density at radius 1 is 0.946 bits per heavy atom. The molecule has 1 aliphatic carbocycles. The number of fused-ring (bicyclic) bond motifs is 2. The summed E-state index contributed by atoms with van der Waals surface area (Å²) in [6, 6.07) is 14.2. The summed E-state index contributed by atoms with van der Waals surface area (Å²) in [4.78, 5) is 21.5. The van der Waals surface area contributed by atoms with Crippen LogP contribution in [0.5, 0.6) is 0 Å². The number of nitrogens with one attached hydrogen (secondary N) is 3. The van der Waals surface area contributed by atoms with Crippen molar-refractivity contribution in [2.75, 3.05) is 5.32 Å². The van der Waals surface area contributed by atoms with Crippen LogP contribution in [0.4, 0.5) is 5.69 Å². The Balaban J connectivity index is 1.26. The molecule has 1 fully saturated rings. The zero-order valence-corrected chi connectivity index (χ0v) is 20.1. The van der Waals surface area contributed by atoms with E-state index in [1.807, 2.05) is 48.9 Å². The van der Waals surface area contributed by atoms with Crippen molar-refractivity contribution in [1.82, 2.24) is 35.1 Å². The average Bonchev–Trinajstić information content (AvgIpc) is 3.52. The summed E-state index contributed by atoms with van der Waals surface area (Å²) < 4.78 is 0. The van der Waals surface area contributed by atoms with Crippen molar-refractivity contribution in [2.24, 2.45) is 5.92 Å². The summed E-state index contributed by atoms with van der Waals surface area (Å²) in [5.41, 5.74) is 9.95. The van der Waals surface area contributed by atoms with E-state index < -0.39 is 0 Å². The molecule has 180 valence electrons. The molecular weight excluding hydrogens is 460 g/mol. The highest BCUT2D eigenvalue weighted by Crippen LogP contribution is 2.35. The predicted octanol–water partition coefficient (Wildman–Crippen LogP) is 6.35. The van der Waals surface area contributed by atoms with E-state index in [0.29, 0.717) is 5.92 Å². The van der Waals surface area contributed by atoms with Crippen LogP contribution in [0, 0.1) is 5.92 Å². The predicted molar refractivity (Wildman–Crippen MR) is 146 cm³/mol. The minimum atomic E-state index is 0.552. The van der Waals surface area contributed by atoms with Crippen molar-refractivity contribution in [3.05, 3.63) is 85.7 Å². The lowest BCUT2D eigenvalue weighted by Crippen LogP contribution is -2.18. The van der Waals surface area contributed by atoms with Crippen LogP contribution in [0.25, 0.3) is 55.8 Å². The average molecular weight is 485 g/mol. The number of aromatic amines is 2. The quantitative estimate of drug-likeness (QED) is 0.254. The maximum atomic E-state index is 4.98. The van der Waals surface area contributed by atoms with Crippen LogP contribution in [0.1, 0.15) is 19.3 Å². The first kappa shape index (κ1) is 21.4. The van der Waals surface area contributed by atoms with Crippen LogP contribution in [-0.2, 0) is 0 Å². The van der Waals surface area contributed by atoms with Gasteiger partial charge in [-0.2, -0.15) is 5.10 Å². The maximum Gasteiger partial charge on any atom is 0.138 e. The highest BCUT2D eigenvalue weighted by Gasteiger charge is 2.21. The third-order valence-electron chi connectivity index (χ3n) is 7.12. The molecule has 1 saturated carbocycles. The molecule has 8 nitrogen and oxygen atoms in total. The Morgan fingerprint density at radius 2 is 1.84 bits per heavy atom. The van der Waals surface area contributed by atoms with E-state index in [-0.39, 0.29) is 0 Å². The van der Waals surface area contributed by atoms with Crippen LogP contribution in [0.15, 0.2) is 85.7 Å². The molecule has 0 spiro atoms. The zero-order chi connectivity index (χ0) is 24.8. The topological polar surface area (TPSA) is 108 Å². The summed E-state index contributed by atoms with van der Waals surface area (Å²) in [5.74, 6) is 0.552. The van der Waals surface area contributed by atoms with E-state index in [1.54, 1.807) is 12.4 Å². The molecule has 7 rings (SSSR count). The molecule has 0 bridgehead atoms. The Labute approximate surface area is 212 Å². The summed E-state index contributed by atoms with van der Waals surface area (Å²) in [6.45, 7) is 4.22. The summed E-state index contributed by atoms with van der Waals surface area (Å²) >= 11 is 0. The number of pyridine rings is 4. The standard InChI is InChI=1S/C29H24N8/c1-17(18-3-2-4-18)33-21-13-20(15-31-16-21)24-5-6-25-27(34-24)28(37-36-25)26-14-23-22(9-12-32-29(23)35-26)19-7-10-30-11-8-19/h5-16,18,33H,1-4H2,(H,32,35)(H,36,37). The summed E-state index contributed by atoms with van der Waals surface area (Å²) in [7, 11) is 0. The Hall–Kier alpha value is -4.85. The van der Waals surface area contributed by atoms with E-state index in [9.17, 15) is 0 Å². The number of hydrogen-bond donors (Lipinski definition) is 3. The van der Waals surface area contributed by atoms with Crippen LogP contribution >= 0.6 is 0 Å². The molecule has 0 saturated heterocycles. The lowest BCUT2D eigenvalue weighted by molar-refractivity contribution is 0.371. The smallest absolute Gasteiger partial charge is 0.138 e. The van der Waals surface area contributed by atoms with E-state index >= 15 is 0 Å². The number of rotatable bonds is 6. The maximum absolute atomic E-state index is 4.98. The molecule has 3 N–H and O–H groups in total. The van der Waals surface area contributed by atoms with E-state index in [4.69, 9.17) is 4.98 Å². The van der Waals surface area contributed by atoms with Crippen molar-refractivity contribution >= 4 is 27.8 Å². The number of hydrogen-bond acceptors (Lipinski definition) is 6. The minimum absolute atomic E-state index is 0.552. The fraction of sp³-hybridized carbons (Fsp3) is 0.138. The van der Waals surface area contributed by atoms with Gasteiger partial charge in [0.15, 0.2) is 0 Å². The molecule has 6 aromatic rings. The van der Waals surface area contributed by atoms with E-state index in [0.717, 1.165) is 67.2 Å². The molecule has 0 unspecified atom stereocenters. The minimum Gasteiger partial charge on any atom is -0.358 e. The zero-order valence-electron chi connectivity index (χ0n) is 20.1. The summed E-state index contributed by atoms with van der Waals surface area (Å²) in [5, 5.41) is 12.2. The van der Waals surface area contributed by atoms with Gasteiger partial charge in [0.1, 0.15) is 16.9 Å². The number of anilines is 1. The van der Waals surface area contributed by atoms with E-state index in [1.165, 1.54) is 19.3 Å². The first-order valence-corrected chi connectivity index (χ1v) is 12.4. The first-order chi connectivity index (χ1) is 18.2. The highest BCUT2D eigenvalue weighted by atomic mass is 15.1. The SMILES string of the molecule is C=C(Nc1cncc(-c2ccc3[nH]nc(-c4cc5c(-c6ccncc6)ccnc5[nH]4)c3n2)c1)C1CCC1. The second-order valence-corrected chi connectivity index (χ2v) is 9.44. The number of allylic oxidation sites excluding steroid dienone is 1. The van der Waals surface area contributed by atoms with Gasteiger partial charge in [0.05, 0.1) is 28.8 Å². The largest absolute Gasteiger partial charge is 0.358 e. The molecule has 6 heterocycles. The third-order valence-corrected chi connectivity index (χ3v) is 7.12. The monoisotopic (exact) mass is 484 g/mol. The van der Waals surface area contributed by atoms with Gasteiger partial charge < -0.3 is 10.3 Å². The fourth-order valence-corrected chi connectivity index (χ4v) is 4.88. The van der Waals surface area contributed by atoms with Gasteiger partial charge >= 0.3 is 0 Å². The van der Waals surface area contributed by atoms with Gasteiger partial charge in [-0.3, -0.25) is 15.1 Å². The van der Waals surface area contributed by atoms with Gasteiger partial charge in [-0.15, -0.1) is 0 Å². The molecule has 1 aliphatic rings. The molecule has 0 radical (unpaired) electrons. The van der Waals surface area contributed by atoms with Crippen molar-refractivity contribution < 1.29 is 0 Å². The van der Waals surface area contributed by atoms with Crippen molar-refractivity contribution in [3.63, 3.8) is 0 Å². The van der Waals surface area contributed by atoms with Crippen LogP contribution < -0.4 is 5.32 Å². The Bertz CT molecular complexity index is 1760. The normalized spacial score (nSPS) is 13.6. The Kier molecular flexibility index (Phi) is 5.02. The molecule has 0 atom stereocenters. The second kappa shape index (κ2) is 8.67. The summed E-state index contributed by atoms with van der Waals surface area (Å²) in [6.07, 6.45) is 12.7. The number of aromatic nitrogens is 7. The van der Waals surface area contributed by atoms with Crippen molar-refractivity contribution in [1.29, 1.82) is 0 Å². The van der Waals surface area contributed by atoms with Crippen LogP contribution in [-0.4, -0.2) is 35.1 Å². The van der Waals surface area contributed by atoms with Crippen molar-refractivity contribution in [2.45, 2.75) is 19.3 Å². The van der Waals surface area contributed by atoms with Gasteiger partial charge in [-0.25, -0.2) is 9.97 Å². The molecule has 0 aromatic carbocycles. The third kappa shape index (κ3) is 3.83. The van der Waals surface area contributed by atoms with Gasteiger partial charge in [-0.1, -0.05) is 13.0 Å². The molecule has 0 amide bonds. The van der Waals surface area contributed by atoms with E-state index in [2.05, 4.69) is 54.2 Å². The van der Waals surface area contributed by atoms with Crippen LogP contribution in [0.3, 0.4) is 0 Å². The number of nitrogens with zero attached hydrogens (tertiary/aromatic N) is 5. The Morgan fingerprint density at radius 3 is 2.68 bits per heavy atom. The molecule has 8 heteroatoms. The van der Waals surface area contributed by atoms with Gasteiger partial charge in [-0.05, 0) is 72.4 Å². The van der Waals surface area contributed by atoms with Gasteiger partial charge in [0, 0.05) is 41.4 Å². The molecule has 6 aromatic heterocycles. The lowest BCUT2D eigenvalue weighted by Gasteiger charge is -2.28. The molecular formula is C29H24N8. The van der Waals surface area contributed by atoms with Crippen molar-refractivity contribution in [3.8, 4) is 33.8 Å². The second-order valence-electron chi connectivity index (χ2n) is 9.44. The lowest BCUT2D eigenvalue weighted by atomic mass is 9.83. The molecule has 37 heavy (non-hydrogen) atoms. The van der Waals surface area contributed by atoms with Gasteiger partial charge in [0.2, 0.25) is 0 Å². The highest BCUT2D eigenvalue weighted by molar-refractivity contribution is 5.99. The fourth-order valence-electron chi connectivity index (χ4n) is 4.88. The number of H-pyrrole nitrogens is 2. The van der Waals surface area contributed by atoms with Gasteiger partial charge in [0.25, 0.3) is 0 Å². The first-order valence-electron chi connectivity index (χ1n) is 12.4. The van der Waals surface area contributed by atoms with Crippen LogP contribution in [0.2, 0.25) is 0 Å². The molecule has 0 aliphatic heterocycles.